The van der Waals surface area contributed by atoms with Crippen molar-refractivity contribution in [3.8, 4) is 17.6 Å². The van der Waals surface area contributed by atoms with Crippen LogP contribution in [0.1, 0.15) is 15.9 Å². The molecule has 0 aliphatic rings. The van der Waals surface area contributed by atoms with E-state index < -0.39 is 5.97 Å². The highest BCUT2D eigenvalue weighted by molar-refractivity contribution is 6.19. The number of alkyl halides is 1. The Kier molecular flexibility index (Phi) is 4.02. The van der Waals surface area contributed by atoms with Gasteiger partial charge in [-0.05, 0) is 18.2 Å². The van der Waals surface area contributed by atoms with Crippen molar-refractivity contribution in [1.82, 2.24) is 0 Å². The smallest absolute Gasteiger partial charge is 0.335 e. The number of carboxylic acids is 1. The van der Waals surface area contributed by atoms with Crippen LogP contribution in [0, 0.1) is 11.8 Å². The van der Waals surface area contributed by atoms with Gasteiger partial charge in [0.2, 0.25) is 0 Å². The summed E-state index contributed by atoms with van der Waals surface area (Å²) in [5, 5.41) is 8.76. The molecule has 0 amide bonds. The van der Waals surface area contributed by atoms with Crippen molar-refractivity contribution in [3.63, 3.8) is 0 Å². The van der Waals surface area contributed by atoms with Gasteiger partial charge in [0, 0.05) is 0 Å². The Morgan fingerprint density at radius 1 is 1.60 bits per heavy atom. The third-order valence-corrected chi connectivity index (χ3v) is 1.87. The molecule has 1 aromatic rings. The van der Waals surface area contributed by atoms with E-state index in [0.29, 0.717) is 11.3 Å². The fourth-order valence-corrected chi connectivity index (χ4v) is 1.12. The third-order valence-electron chi connectivity index (χ3n) is 1.74. The Bertz CT molecular complexity index is 429. The SMILES string of the molecule is COc1cc(C(=O)O)ccc1C#CCCl. The summed E-state index contributed by atoms with van der Waals surface area (Å²) in [5.74, 6) is 5.12. The highest BCUT2D eigenvalue weighted by Gasteiger charge is 2.06. The average molecular weight is 225 g/mol. The highest BCUT2D eigenvalue weighted by atomic mass is 35.5. The lowest BCUT2D eigenvalue weighted by molar-refractivity contribution is 0.0696. The molecule has 0 radical (unpaired) electrons. The van der Waals surface area contributed by atoms with E-state index in [2.05, 4.69) is 11.8 Å². The first-order valence-electron chi connectivity index (χ1n) is 4.15. The lowest BCUT2D eigenvalue weighted by Crippen LogP contribution is -1.98. The van der Waals surface area contributed by atoms with Crippen molar-refractivity contribution >= 4 is 17.6 Å². The molecule has 1 aromatic carbocycles. The minimum absolute atomic E-state index is 0.170. The third kappa shape index (κ3) is 2.90. The fraction of sp³-hybridized carbons (Fsp3) is 0.182. The van der Waals surface area contributed by atoms with Crippen LogP contribution < -0.4 is 4.74 Å². The standard InChI is InChI=1S/C11H9ClO3/c1-15-10-7-9(11(13)14)5-4-8(10)3-2-6-12/h4-5,7H,6H2,1H3,(H,13,14). The Balaban J connectivity index is 3.14. The Hall–Kier alpha value is -1.66. The second-order valence-corrected chi connectivity index (χ2v) is 2.92. The number of ether oxygens (including phenoxy) is 1. The van der Waals surface area contributed by atoms with Crippen molar-refractivity contribution in [2.24, 2.45) is 0 Å². The molecule has 0 aliphatic carbocycles. The molecule has 1 N–H and O–H groups in total. The van der Waals surface area contributed by atoms with Crippen LogP contribution in [0.4, 0.5) is 0 Å². The van der Waals surface area contributed by atoms with E-state index in [1.165, 1.54) is 19.2 Å². The van der Waals surface area contributed by atoms with Crippen LogP contribution in [0.25, 0.3) is 0 Å². The van der Waals surface area contributed by atoms with Crippen molar-refractivity contribution < 1.29 is 14.6 Å². The predicted octanol–water partition coefficient (Wildman–Crippen LogP) is 1.98. The number of hydrogen-bond acceptors (Lipinski definition) is 2. The van der Waals surface area contributed by atoms with E-state index in [4.69, 9.17) is 21.4 Å². The fourth-order valence-electron chi connectivity index (χ4n) is 1.06. The number of benzene rings is 1. The van der Waals surface area contributed by atoms with Gasteiger partial charge >= 0.3 is 5.97 Å². The van der Waals surface area contributed by atoms with Gasteiger partial charge in [0.1, 0.15) is 5.75 Å². The Morgan fingerprint density at radius 2 is 2.33 bits per heavy atom. The summed E-state index contributed by atoms with van der Waals surface area (Å²) in [6, 6.07) is 4.51. The summed E-state index contributed by atoms with van der Waals surface area (Å²) in [5.41, 5.74) is 0.798. The predicted molar refractivity (Wildman–Crippen MR) is 57.6 cm³/mol. The molecule has 78 valence electrons. The number of carbonyl (C=O) groups is 1. The van der Waals surface area contributed by atoms with Crippen LogP contribution in [0.3, 0.4) is 0 Å². The zero-order valence-corrected chi connectivity index (χ0v) is 8.84. The first kappa shape index (κ1) is 11.4. The number of hydrogen-bond donors (Lipinski definition) is 1. The minimum Gasteiger partial charge on any atom is -0.495 e. The molecule has 0 spiro atoms. The number of methoxy groups -OCH3 is 1. The molecule has 0 fully saturated rings. The topological polar surface area (TPSA) is 46.5 Å². The summed E-state index contributed by atoms with van der Waals surface area (Å²) in [6.45, 7) is 0. The van der Waals surface area contributed by atoms with Crippen LogP contribution >= 0.6 is 11.6 Å². The second kappa shape index (κ2) is 5.28. The van der Waals surface area contributed by atoms with E-state index in [0.717, 1.165) is 0 Å². The molecular formula is C11H9ClO3. The lowest BCUT2D eigenvalue weighted by Gasteiger charge is -2.03. The Labute approximate surface area is 92.6 Å². The summed E-state index contributed by atoms with van der Waals surface area (Å²) >= 11 is 5.42. The van der Waals surface area contributed by atoms with Crippen molar-refractivity contribution in [3.05, 3.63) is 29.3 Å². The normalized spacial score (nSPS) is 8.93. The van der Waals surface area contributed by atoms with Crippen LogP contribution in [0.15, 0.2) is 18.2 Å². The molecule has 0 unspecified atom stereocenters. The molecule has 0 saturated heterocycles. The maximum atomic E-state index is 10.7. The van der Waals surface area contributed by atoms with Gasteiger partial charge in [-0.2, -0.15) is 0 Å². The molecule has 0 saturated carbocycles. The molecule has 3 nitrogen and oxygen atoms in total. The highest BCUT2D eigenvalue weighted by Crippen LogP contribution is 2.19. The number of halogens is 1. The first-order chi connectivity index (χ1) is 7.19. The summed E-state index contributed by atoms with van der Waals surface area (Å²) in [7, 11) is 1.47. The van der Waals surface area contributed by atoms with Gasteiger partial charge in [0.15, 0.2) is 0 Å². The largest absolute Gasteiger partial charge is 0.495 e. The second-order valence-electron chi connectivity index (χ2n) is 2.66. The summed E-state index contributed by atoms with van der Waals surface area (Å²) in [4.78, 5) is 10.7. The zero-order chi connectivity index (χ0) is 11.3. The molecule has 0 aromatic heterocycles. The maximum absolute atomic E-state index is 10.7. The molecule has 15 heavy (non-hydrogen) atoms. The van der Waals surface area contributed by atoms with Crippen LogP contribution in [0.5, 0.6) is 5.75 Å². The number of carboxylic acid groups (broad SMARTS) is 1. The molecule has 4 heteroatoms. The zero-order valence-electron chi connectivity index (χ0n) is 8.08. The quantitative estimate of drug-likeness (QED) is 0.617. The minimum atomic E-state index is -0.995. The van der Waals surface area contributed by atoms with Gasteiger partial charge in [0.25, 0.3) is 0 Å². The number of aromatic carboxylic acids is 1. The van der Waals surface area contributed by atoms with Crippen molar-refractivity contribution in [1.29, 1.82) is 0 Å². The monoisotopic (exact) mass is 224 g/mol. The Morgan fingerprint density at radius 3 is 2.87 bits per heavy atom. The molecule has 0 bridgehead atoms. The maximum Gasteiger partial charge on any atom is 0.335 e. The van der Waals surface area contributed by atoms with E-state index in [1.807, 2.05) is 0 Å². The van der Waals surface area contributed by atoms with Gasteiger partial charge in [-0.15, -0.1) is 11.6 Å². The van der Waals surface area contributed by atoms with Gasteiger partial charge < -0.3 is 9.84 Å². The van der Waals surface area contributed by atoms with Crippen LogP contribution in [-0.2, 0) is 0 Å². The molecule has 0 heterocycles. The van der Waals surface area contributed by atoms with Crippen LogP contribution in [0.2, 0.25) is 0 Å². The van der Waals surface area contributed by atoms with Gasteiger partial charge in [-0.25, -0.2) is 4.79 Å². The van der Waals surface area contributed by atoms with Gasteiger partial charge in [-0.3, -0.25) is 0 Å². The van der Waals surface area contributed by atoms with E-state index >= 15 is 0 Å². The van der Waals surface area contributed by atoms with E-state index in [9.17, 15) is 4.79 Å². The average Bonchev–Trinajstić information content (AvgIpc) is 2.25. The van der Waals surface area contributed by atoms with Gasteiger partial charge in [0.05, 0.1) is 24.1 Å². The van der Waals surface area contributed by atoms with Crippen LogP contribution in [-0.4, -0.2) is 24.1 Å². The van der Waals surface area contributed by atoms with E-state index in [-0.39, 0.29) is 11.4 Å². The van der Waals surface area contributed by atoms with Crippen molar-refractivity contribution in [2.75, 3.05) is 13.0 Å². The molecule has 1 rings (SSSR count). The van der Waals surface area contributed by atoms with Gasteiger partial charge in [-0.1, -0.05) is 11.8 Å². The number of rotatable bonds is 2. The summed E-state index contributed by atoms with van der Waals surface area (Å²) in [6.07, 6.45) is 0. The molecule has 0 aliphatic heterocycles. The molecule has 0 atom stereocenters. The van der Waals surface area contributed by atoms with E-state index in [1.54, 1.807) is 6.07 Å². The summed E-state index contributed by atoms with van der Waals surface area (Å²) < 4.78 is 5.02. The molecular weight excluding hydrogens is 216 g/mol. The van der Waals surface area contributed by atoms with Crippen molar-refractivity contribution in [2.45, 2.75) is 0 Å². The lowest BCUT2D eigenvalue weighted by atomic mass is 10.1. The first-order valence-corrected chi connectivity index (χ1v) is 4.68.